The van der Waals surface area contributed by atoms with Gasteiger partial charge in [0.15, 0.2) is 0 Å². The first-order valence-corrected chi connectivity index (χ1v) is 20.3. The predicted molar refractivity (Wildman–Crippen MR) is 182 cm³/mol. The Kier molecular flexibility index (Phi) is 9.51. The molecular formula is C41H52Cl2Zr. The zero-order valence-electron chi connectivity index (χ0n) is 29.4. The van der Waals surface area contributed by atoms with Crippen LogP contribution in [0.25, 0.3) is 22.3 Å². The maximum Gasteiger partial charge on any atom is -1.00 e. The quantitative estimate of drug-likeness (QED) is 0.386. The van der Waals surface area contributed by atoms with Crippen LogP contribution in [0, 0.1) is 11.3 Å². The van der Waals surface area contributed by atoms with E-state index in [0.717, 1.165) is 6.42 Å². The Morgan fingerprint density at radius 3 is 1.57 bits per heavy atom. The fraction of sp³-hybridized carbons (Fsp3) is 0.488. The summed E-state index contributed by atoms with van der Waals surface area (Å²) in [7, 11) is 0. The third-order valence-electron chi connectivity index (χ3n) is 10.8. The first kappa shape index (κ1) is 35.6. The van der Waals surface area contributed by atoms with Gasteiger partial charge in [0.05, 0.1) is 0 Å². The van der Waals surface area contributed by atoms with Gasteiger partial charge >= 0.3 is 266 Å². The van der Waals surface area contributed by atoms with Crippen molar-refractivity contribution in [3.8, 4) is 11.1 Å². The number of halogens is 2. The average molecular weight is 707 g/mol. The molecule has 0 spiro atoms. The van der Waals surface area contributed by atoms with Crippen molar-refractivity contribution in [2.75, 3.05) is 0 Å². The summed E-state index contributed by atoms with van der Waals surface area (Å²) in [6.07, 6.45) is 10.1. The van der Waals surface area contributed by atoms with E-state index in [1.807, 2.05) is 3.28 Å². The van der Waals surface area contributed by atoms with Gasteiger partial charge in [-0.15, -0.1) is 0 Å². The Bertz CT molecular complexity index is 1620. The summed E-state index contributed by atoms with van der Waals surface area (Å²) in [6, 6.07) is 10.6. The summed E-state index contributed by atoms with van der Waals surface area (Å²) in [5.41, 5.74) is 18.9. The van der Waals surface area contributed by atoms with Gasteiger partial charge in [0.25, 0.3) is 0 Å². The number of hydrogen-bond acceptors (Lipinski definition) is 0. The molecule has 4 aliphatic rings. The van der Waals surface area contributed by atoms with Crippen molar-refractivity contribution >= 4 is 14.4 Å². The van der Waals surface area contributed by atoms with Crippen LogP contribution in [-0.4, -0.2) is 3.21 Å². The third kappa shape index (κ3) is 5.24. The Morgan fingerprint density at radius 1 is 0.750 bits per heavy atom. The van der Waals surface area contributed by atoms with Crippen LogP contribution in [0.15, 0.2) is 56.9 Å². The summed E-state index contributed by atoms with van der Waals surface area (Å²) >= 11 is -2.44. The smallest absolute Gasteiger partial charge is 1.00 e. The Labute approximate surface area is 288 Å². The van der Waals surface area contributed by atoms with Crippen LogP contribution in [-0.2, 0) is 32.1 Å². The molecule has 2 aromatic carbocycles. The van der Waals surface area contributed by atoms with E-state index >= 15 is 0 Å². The molecule has 0 aromatic heterocycles. The molecule has 2 aromatic rings. The fourth-order valence-electron chi connectivity index (χ4n) is 9.00. The van der Waals surface area contributed by atoms with Crippen LogP contribution in [0.2, 0.25) is 0 Å². The van der Waals surface area contributed by atoms with Crippen molar-refractivity contribution in [3.05, 3.63) is 90.3 Å². The first-order chi connectivity index (χ1) is 19.5. The topological polar surface area (TPSA) is 0 Å². The third-order valence-corrected chi connectivity index (χ3v) is 19.5. The van der Waals surface area contributed by atoms with E-state index in [-0.39, 0.29) is 41.1 Å². The number of benzene rings is 2. The Hall–Kier alpha value is -1.27. The van der Waals surface area contributed by atoms with Gasteiger partial charge in [0.1, 0.15) is 0 Å². The minimum absolute atomic E-state index is 0. The zero-order chi connectivity index (χ0) is 30.7. The predicted octanol–water partition coefficient (Wildman–Crippen LogP) is 5.66. The van der Waals surface area contributed by atoms with Crippen LogP contribution in [0.1, 0.15) is 140 Å². The molecule has 0 bridgehead atoms. The summed E-state index contributed by atoms with van der Waals surface area (Å²) in [4.78, 5) is 0. The van der Waals surface area contributed by atoms with Crippen LogP contribution in [0.4, 0.5) is 0 Å². The molecule has 0 nitrogen and oxygen atoms in total. The molecule has 0 saturated carbocycles. The van der Waals surface area contributed by atoms with Crippen LogP contribution < -0.4 is 24.8 Å². The summed E-state index contributed by atoms with van der Waals surface area (Å²) in [6.45, 7) is 31.4. The van der Waals surface area contributed by atoms with Crippen molar-refractivity contribution in [3.63, 3.8) is 0 Å². The van der Waals surface area contributed by atoms with Crippen LogP contribution in [0.5, 0.6) is 0 Å². The second-order valence-corrected chi connectivity index (χ2v) is 23.2. The Balaban J connectivity index is 0.00000221. The van der Waals surface area contributed by atoms with Gasteiger partial charge in [-0.1, -0.05) is 0 Å². The monoisotopic (exact) mass is 704 g/mol. The van der Waals surface area contributed by atoms with E-state index in [1.54, 1.807) is 25.5 Å². The Morgan fingerprint density at radius 2 is 1.20 bits per heavy atom. The van der Waals surface area contributed by atoms with Gasteiger partial charge in [0.2, 0.25) is 0 Å². The molecule has 44 heavy (non-hydrogen) atoms. The average Bonchev–Trinajstić information content (AvgIpc) is 3.55. The maximum absolute atomic E-state index is 2.70. The van der Waals surface area contributed by atoms with Gasteiger partial charge in [-0.25, -0.2) is 0 Å². The van der Waals surface area contributed by atoms with Crippen molar-refractivity contribution < 1.29 is 46.1 Å². The molecule has 234 valence electrons. The van der Waals surface area contributed by atoms with Gasteiger partial charge in [-0.3, -0.25) is 0 Å². The molecule has 3 heteroatoms. The number of rotatable bonds is 4. The summed E-state index contributed by atoms with van der Waals surface area (Å²) in [5.74, 6) is 0.593. The van der Waals surface area contributed by atoms with E-state index in [0.29, 0.717) is 9.54 Å². The maximum atomic E-state index is 2.70. The SMILES string of the molecule is CCC1=[C]([Zr+2](=[C](C)C)[CH]2c3cc4c(cc3-c3cc5c(cc32)C(C)(C)C=C5C)C(C)=CC4(C)C)C(CC)C=C1C(C)(C)C.[Cl-].[Cl-]. The molecule has 1 unspecified atom stereocenters. The van der Waals surface area contributed by atoms with Crippen molar-refractivity contribution in [1.29, 1.82) is 0 Å². The number of fused-ring (bicyclic) bond motifs is 5. The molecule has 0 radical (unpaired) electrons. The zero-order valence-corrected chi connectivity index (χ0v) is 33.3. The molecule has 1 atom stereocenters. The van der Waals surface area contributed by atoms with Gasteiger partial charge < -0.3 is 24.8 Å². The van der Waals surface area contributed by atoms with E-state index in [1.165, 1.54) is 50.9 Å². The van der Waals surface area contributed by atoms with Gasteiger partial charge in [-0.2, -0.15) is 0 Å². The first-order valence-electron chi connectivity index (χ1n) is 16.4. The fourth-order valence-corrected chi connectivity index (χ4v) is 18.5. The summed E-state index contributed by atoms with van der Waals surface area (Å²) < 4.78 is 4.18. The van der Waals surface area contributed by atoms with Gasteiger partial charge in [0, 0.05) is 0 Å². The van der Waals surface area contributed by atoms with Crippen molar-refractivity contribution in [2.45, 2.75) is 117 Å². The van der Waals surface area contributed by atoms with Crippen LogP contribution >= 0.6 is 0 Å². The minimum Gasteiger partial charge on any atom is -1.00 e. The second-order valence-electron chi connectivity index (χ2n) is 16.0. The summed E-state index contributed by atoms with van der Waals surface area (Å²) in [5, 5.41) is 0. The molecule has 0 N–H and O–H groups in total. The van der Waals surface area contributed by atoms with E-state index in [2.05, 4.69) is 133 Å². The second kappa shape index (κ2) is 11.8. The van der Waals surface area contributed by atoms with Gasteiger partial charge in [-0.05, 0) is 0 Å². The molecule has 0 amide bonds. The number of hydrogen-bond donors (Lipinski definition) is 0. The molecular weight excluding hydrogens is 655 g/mol. The molecule has 4 aliphatic carbocycles. The van der Waals surface area contributed by atoms with Crippen LogP contribution in [0.3, 0.4) is 0 Å². The molecule has 0 fully saturated rings. The standard InChI is InChI=1S/C25H25.C13H21.C3H6.2ClH.Zr/c1-14-12-24(3,4)22-8-16-7-17-9-23-19(15(2)13-25(23,5)6)11-21(17)20(16)10-18(14)22;1-6-10-8-11(7-2)12(9-10)13(3,4)5;1-3-2;;;/h7-13H,1-6H3;9-10H,6-7H2,1-5H3;1-2H3;2*1H;/q;;;;;+2/p-2. The van der Waals surface area contributed by atoms with Crippen molar-refractivity contribution in [1.82, 2.24) is 0 Å². The van der Waals surface area contributed by atoms with Crippen molar-refractivity contribution in [2.24, 2.45) is 11.3 Å². The van der Waals surface area contributed by atoms with E-state index in [4.69, 9.17) is 0 Å². The molecule has 0 aliphatic heterocycles. The van der Waals surface area contributed by atoms with E-state index < -0.39 is 21.3 Å². The molecule has 6 rings (SSSR count). The number of allylic oxidation sites excluding steroid dienone is 8. The minimum atomic E-state index is -2.44. The van der Waals surface area contributed by atoms with E-state index in [9.17, 15) is 0 Å². The largest absolute Gasteiger partial charge is 1.00 e. The molecule has 0 heterocycles. The molecule has 0 saturated heterocycles. The normalized spacial score (nSPS) is 20.4.